The van der Waals surface area contributed by atoms with Crippen LogP contribution >= 0.6 is 11.6 Å². The zero-order valence-corrected chi connectivity index (χ0v) is 16.0. The number of alkyl halides is 2. The lowest BCUT2D eigenvalue weighted by atomic mass is 10.1. The normalized spacial score (nSPS) is 17.7. The van der Waals surface area contributed by atoms with Gasteiger partial charge in [-0.1, -0.05) is 11.6 Å². The number of carbonyl (C=O) groups is 1. The number of piperidine rings is 1. The topological polar surface area (TPSA) is 56.6 Å². The van der Waals surface area contributed by atoms with Crippen molar-refractivity contribution in [3.63, 3.8) is 0 Å². The van der Waals surface area contributed by atoms with Crippen molar-refractivity contribution in [3.05, 3.63) is 47.2 Å². The van der Waals surface area contributed by atoms with Gasteiger partial charge in [0.2, 0.25) is 0 Å². The molecule has 3 aromatic rings. The molecule has 1 saturated heterocycles. The van der Waals surface area contributed by atoms with Crippen molar-refractivity contribution in [2.75, 3.05) is 13.1 Å². The van der Waals surface area contributed by atoms with Gasteiger partial charge < -0.3 is 14.4 Å². The molecule has 1 amide bonds. The van der Waals surface area contributed by atoms with Crippen molar-refractivity contribution in [3.8, 4) is 17.2 Å². The first-order valence-corrected chi connectivity index (χ1v) is 9.65. The van der Waals surface area contributed by atoms with Crippen LogP contribution in [0.3, 0.4) is 0 Å². The lowest BCUT2D eigenvalue weighted by Crippen LogP contribution is -2.35. The molecular weight excluding hydrogens is 404 g/mol. The lowest BCUT2D eigenvalue weighted by Gasteiger charge is -2.26. The van der Waals surface area contributed by atoms with Gasteiger partial charge in [0.25, 0.3) is 5.91 Å². The third-order valence-corrected chi connectivity index (χ3v) is 5.45. The molecule has 2 aromatic heterocycles. The molecule has 9 heteroatoms. The number of likely N-dealkylation sites (tertiary alicyclic amines) is 1. The van der Waals surface area contributed by atoms with E-state index in [1.807, 2.05) is 4.90 Å². The summed E-state index contributed by atoms with van der Waals surface area (Å²) in [6.45, 7) is 1.49. The number of amides is 1. The van der Waals surface area contributed by atoms with Crippen LogP contribution in [0.1, 0.15) is 29.6 Å². The van der Waals surface area contributed by atoms with Crippen LogP contribution in [0.25, 0.3) is 16.7 Å². The minimum Gasteiger partial charge on any atom is -0.395 e. The van der Waals surface area contributed by atoms with E-state index in [0.717, 1.165) is 32.4 Å². The van der Waals surface area contributed by atoms with Crippen LogP contribution in [0.5, 0.6) is 11.5 Å². The number of halogens is 3. The largest absolute Gasteiger partial charge is 0.586 e. The molecule has 2 aliphatic rings. The minimum absolute atomic E-state index is 0.0383. The average Bonchev–Trinajstić information content (AvgIpc) is 3.22. The van der Waals surface area contributed by atoms with Gasteiger partial charge in [0.05, 0.1) is 16.3 Å². The van der Waals surface area contributed by atoms with Gasteiger partial charge in [-0.15, -0.1) is 8.78 Å². The van der Waals surface area contributed by atoms with E-state index in [4.69, 9.17) is 11.6 Å². The fourth-order valence-corrected chi connectivity index (χ4v) is 3.99. The molecule has 1 fully saturated rings. The molecule has 0 N–H and O–H groups in total. The van der Waals surface area contributed by atoms with E-state index in [1.165, 1.54) is 18.3 Å². The third-order valence-electron chi connectivity index (χ3n) is 5.15. The molecule has 0 saturated carbocycles. The number of hydrogen-bond donors (Lipinski definition) is 0. The highest BCUT2D eigenvalue weighted by molar-refractivity contribution is 6.35. The fraction of sp³-hybridized carbons (Fsp3) is 0.300. The van der Waals surface area contributed by atoms with E-state index < -0.39 is 6.29 Å². The Morgan fingerprint density at radius 1 is 1.10 bits per heavy atom. The fourth-order valence-electron chi connectivity index (χ4n) is 3.75. The molecule has 2 aliphatic heterocycles. The summed E-state index contributed by atoms with van der Waals surface area (Å²) >= 11 is 6.39. The van der Waals surface area contributed by atoms with Gasteiger partial charge >= 0.3 is 6.29 Å². The van der Waals surface area contributed by atoms with Gasteiger partial charge in [-0.3, -0.25) is 9.36 Å². The van der Waals surface area contributed by atoms with Crippen LogP contribution < -0.4 is 9.47 Å². The molecule has 29 heavy (non-hydrogen) atoms. The molecule has 150 valence electrons. The first-order chi connectivity index (χ1) is 13.9. The van der Waals surface area contributed by atoms with Gasteiger partial charge in [-0.05, 0) is 37.5 Å². The Hall–Kier alpha value is -2.87. The highest BCUT2D eigenvalue weighted by Crippen LogP contribution is 2.42. The highest BCUT2D eigenvalue weighted by atomic mass is 35.5. The Kier molecular flexibility index (Phi) is 4.13. The Labute approximate surface area is 169 Å². The van der Waals surface area contributed by atoms with Gasteiger partial charge in [0.15, 0.2) is 11.5 Å². The summed E-state index contributed by atoms with van der Waals surface area (Å²) in [7, 11) is 0. The summed E-state index contributed by atoms with van der Waals surface area (Å²) < 4.78 is 37.2. The van der Waals surface area contributed by atoms with Crippen molar-refractivity contribution in [2.45, 2.75) is 25.6 Å². The smallest absolute Gasteiger partial charge is 0.395 e. The predicted octanol–water partition coefficient (Wildman–Crippen LogP) is 4.63. The van der Waals surface area contributed by atoms with E-state index in [1.54, 1.807) is 22.9 Å². The summed E-state index contributed by atoms with van der Waals surface area (Å²) in [6.07, 6.45) is 2.61. The zero-order chi connectivity index (χ0) is 20.2. The van der Waals surface area contributed by atoms with Crippen molar-refractivity contribution in [2.24, 2.45) is 0 Å². The summed E-state index contributed by atoms with van der Waals surface area (Å²) in [4.78, 5) is 19.0. The van der Waals surface area contributed by atoms with Crippen molar-refractivity contribution < 1.29 is 23.0 Å². The van der Waals surface area contributed by atoms with Crippen molar-refractivity contribution in [1.29, 1.82) is 0 Å². The number of pyridine rings is 1. The maximum atomic E-state index is 13.3. The number of benzene rings is 1. The second kappa shape index (κ2) is 6.59. The molecule has 4 heterocycles. The van der Waals surface area contributed by atoms with E-state index in [2.05, 4.69) is 14.5 Å². The van der Waals surface area contributed by atoms with Gasteiger partial charge in [-0.25, -0.2) is 4.98 Å². The average molecular weight is 420 g/mol. The second-order valence-electron chi connectivity index (χ2n) is 7.09. The molecule has 0 atom stereocenters. The van der Waals surface area contributed by atoms with Crippen LogP contribution in [0.2, 0.25) is 5.02 Å². The lowest BCUT2D eigenvalue weighted by molar-refractivity contribution is -0.286. The van der Waals surface area contributed by atoms with Crippen LogP contribution in [-0.4, -0.2) is 39.7 Å². The van der Waals surface area contributed by atoms with E-state index in [-0.39, 0.29) is 17.4 Å². The number of rotatable bonds is 2. The first-order valence-electron chi connectivity index (χ1n) is 9.27. The third kappa shape index (κ3) is 3.17. The molecule has 0 spiro atoms. The number of hydrogen-bond acceptors (Lipinski definition) is 4. The second-order valence-corrected chi connectivity index (χ2v) is 7.50. The molecule has 6 nitrogen and oxygen atoms in total. The van der Waals surface area contributed by atoms with Gasteiger partial charge in [-0.2, -0.15) is 0 Å². The Morgan fingerprint density at radius 2 is 1.86 bits per heavy atom. The molecule has 0 radical (unpaired) electrons. The van der Waals surface area contributed by atoms with Gasteiger partial charge in [0.1, 0.15) is 5.65 Å². The number of fused-ring (bicyclic) bond motifs is 2. The molecule has 0 aliphatic carbocycles. The number of aromatic nitrogens is 2. The van der Waals surface area contributed by atoms with Crippen LogP contribution in [0.4, 0.5) is 8.78 Å². The molecule has 0 bridgehead atoms. The SMILES string of the molecule is O=C(c1cnc2c(c1)c(Cl)cn2-c1ccc2c(c1)OC(F)(F)O2)N1CCCCC1. The van der Waals surface area contributed by atoms with Crippen LogP contribution in [0.15, 0.2) is 36.7 Å². The predicted molar refractivity (Wildman–Crippen MR) is 102 cm³/mol. The molecule has 1 aromatic carbocycles. The summed E-state index contributed by atoms with van der Waals surface area (Å²) in [5, 5.41) is 1.02. The maximum absolute atomic E-state index is 13.3. The van der Waals surface area contributed by atoms with Gasteiger partial charge in [0, 0.05) is 36.9 Å². The van der Waals surface area contributed by atoms with E-state index >= 15 is 0 Å². The van der Waals surface area contributed by atoms with E-state index in [9.17, 15) is 13.6 Å². The van der Waals surface area contributed by atoms with Crippen LogP contribution in [-0.2, 0) is 0 Å². The maximum Gasteiger partial charge on any atom is 0.586 e. The number of nitrogens with zero attached hydrogens (tertiary/aromatic N) is 3. The summed E-state index contributed by atoms with van der Waals surface area (Å²) in [5.41, 5.74) is 1.52. The number of ether oxygens (including phenoxy) is 2. The first kappa shape index (κ1) is 18.2. The Morgan fingerprint density at radius 3 is 2.66 bits per heavy atom. The van der Waals surface area contributed by atoms with Crippen LogP contribution in [0, 0.1) is 0 Å². The highest BCUT2D eigenvalue weighted by Gasteiger charge is 2.43. The Bertz CT molecular complexity index is 1130. The summed E-state index contributed by atoms with van der Waals surface area (Å²) in [6, 6.07) is 6.16. The van der Waals surface area contributed by atoms with Crippen molar-refractivity contribution >= 4 is 28.5 Å². The van der Waals surface area contributed by atoms with E-state index in [0.29, 0.717) is 27.3 Å². The molecular formula is C20H16ClF2N3O3. The number of carbonyl (C=O) groups excluding carboxylic acids is 1. The zero-order valence-electron chi connectivity index (χ0n) is 15.2. The molecule has 0 unspecified atom stereocenters. The molecule has 5 rings (SSSR count). The minimum atomic E-state index is -3.68. The monoisotopic (exact) mass is 419 g/mol. The van der Waals surface area contributed by atoms with Crippen molar-refractivity contribution in [1.82, 2.24) is 14.5 Å². The Balaban J connectivity index is 1.51. The summed E-state index contributed by atoms with van der Waals surface area (Å²) in [5.74, 6) is -0.167. The quantitative estimate of drug-likeness (QED) is 0.608. The standard InChI is InChI=1S/C20H16ClF2N3O3/c21-15-11-26(13-4-5-16-17(9-13)29-20(22,23)28-16)18-14(15)8-12(10-24-18)19(27)25-6-2-1-3-7-25/h4-5,8-11H,1-3,6-7H2.